The van der Waals surface area contributed by atoms with Crippen molar-refractivity contribution in [2.75, 3.05) is 12.4 Å². The number of nitrogens with zero attached hydrogens (tertiary/aromatic N) is 4. The normalized spacial score (nSPS) is 21.3. The number of halogens is 1. The summed E-state index contributed by atoms with van der Waals surface area (Å²) in [6.45, 7) is 0.0657. The van der Waals surface area contributed by atoms with Gasteiger partial charge in [-0.25, -0.2) is 14.8 Å². The van der Waals surface area contributed by atoms with Gasteiger partial charge in [0.2, 0.25) is 11.8 Å². The molecule has 1 N–H and O–H groups in total. The van der Waals surface area contributed by atoms with Crippen LogP contribution in [0.4, 0.5) is 5.82 Å². The fourth-order valence-corrected chi connectivity index (χ4v) is 4.74. The molecule has 2 aliphatic rings. The zero-order chi connectivity index (χ0) is 22.4. The summed E-state index contributed by atoms with van der Waals surface area (Å²) in [5, 5.41) is 3.56. The van der Waals surface area contributed by atoms with Gasteiger partial charge in [0.25, 0.3) is 0 Å². The molecule has 4 heterocycles. The molecule has 10 heteroatoms. The van der Waals surface area contributed by atoms with E-state index in [1.54, 1.807) is 46.0 Å². The van der Waals surface area contributed by atoms with Crippen LogP contribution in [0.3, 0.4) is 0 Å². The average Bonchev–Trinajstić information content (AvgIpc) is 3.26. The molecule has 164 valence electrons. The van der Waals surface area contributed by atoms with Crippen molar-refractivity contribution >= 4 is 50.6 Å². The average molecular weight is 498 g/mol. The van der Waals surface area contributed by atoms with Crippen molar-refractivity contribution in [2.45, 2.75) is 31.5 Å². The lowest BCUT2D eigenvalue weighted by molar-refractivity contribution is -0.138. The first-order chi connectivity index (χ1) is 15.4. The molecule has 2 amide bonds. The van der Waals surface area contributed by atoms with Crippen LogP contribution >= 0.6 is 15.9 Å². The van der Waals surface area contributed by atoms with E-state index in [4.69, 9.17) is 4.74 Å². The van der Waals surface area contributed by atoms with E-state index < -0.39 is 12.0 Å². The van der Waals surface area contributed by atoms with Gasteiger partial charge in [0.1, 0.15) is 28.7 Å². The molecule has 32 heavy (non-hydrogen) atoms. The van der Waals surface area contributed by atoms with Crippen LogP contribution in [0.25, 0.3) is 11.0 Å². The minimum absolute atomic E-state index is 0.0657. The van der Waals surface area contributed by atoms with Crippen LogP contribution in [0, 0.1) is 5.92 Å². The first-order valence-corrected chi connectivity index (χ1v) is 11.0. The molecule has 3 aromatic heterocycles. The number of likely N-dealkylation sites (tertiary alicyclic amines) is 1. The summed E-state index contributed by atoms with van der Waals surface area (Å²) in [4.78, 5) is 48.2. The predicted molar refractivity (Wildman–Crippen MR) is 119 cm³/mol. The minimum atomic E-state index is -0.521. The molecule has 9 nitrogen and oxygen atoms in total. The number of hydrogen-bond acceptors (Lipinski definition) is 6. The van der Waals surface area contributed by atoms with E-state index in [9.17, 15) is 14.4 Å². The summed E-state index contributed by atoms with van der Waals surface area (Å²) in [7, 11) is 1.32. The molecule has 0 spiro atoms. The number of amides is 2. The van der Waals surface area contributed by atoms with E-state index in [2.05, 4.69) is 31.2 Å². The molecule has 1 aliphatic carbocycles. The van der Waals surface area contributed by atoms with Crippen LogP contribution in [0.5, 0.6) is 0 Å². The number of anilines is 1. The summed E-state index contributed by atoms with van der Waals surface area (Å²) in [5.74, 6) is -0.0106. The molecule has 0 bridgehead atoms. The quantitative estimate of drug-likeness (QED) is 0.428. The number of methoxy groups -OCH3 is 1. The number of rotatable bonds is 5. The van der Waals surface area contributed by atoms with E-state index >= 15 is 0 Å². The molecule has 0 aromatic carbocycles. The molecule has 1 aliphatic heterocycles. The van der Waals surface area contributed by atoms with E-state index in [0.29, 0.717) is 34.0 Å². The number of fused-ring (bicyclic) bond motifs is 2. The highest BCUT2D eigenvalue weighted by Crippen LogP contribution is 2.48. The molecule has 3 aromatic rings. The smallest absolute Gasteiger partial charge is 0.339 e. The van der Waals surface area contributed by atoms with E-state index in [0.717, 1.165) is 11.8 Å². The largest absolute Gasteiger partial charge is 0.465 e. The lowest BCUT2D eigenvalue weighted by Gasteiger charge is -2.27. The Bertz CT molecular complexity index is 1240. The van der Waals surface area contributed by atoms with Gasteiger partial charge in [0.15, 0.2) is 0 Å². The Morgan fingerprint density at radius 2 is 2.09 bits per heavy atom. The maximum Gasteiger partial charge on any atom is 0.339 e. The first-order valence-electron chi connectivity index (χ1n) is 10.2. The molecule has 0 radical (unpaired) electrons. The standard InChI is InChI=1S/C22H20BrN5O4/c1-32-22(31)14-7-12-5-6-27(20(12)24-10-14)11-19(29)28-15-8-13(15)9-16(28)21(30)26-18-4-2-3-17(23)25-18/h2-7,10,13,15-16H,8-9,11H2,1H3,(H,25,26,30)/t13-,15?,16+/m1/s1. The molecule has 1 unspecified atom stereocenters. The summed E-state index contributed by atoms with van der Waals surface area (Å²) in [5.41, 5.74) is 0.944. The first kappa shape index (κ1) is 20.6. The number of ether oxygens (including phenoxy) is 1. The number of carbonyl (C=O) groups is 3. The number of nitrogens with one attached hydrogen (secondary N) is 1. The Hall–Kier alpha value is -3.27. The van der Waals surface area contributed by atoms with Gasteiger partial charge >= 0.3 is 5.97 Å². The third kappa shape index (κ3) is 3.75. The third-order valence-electron chi connectivity index (χ3n) is 5.99. The SMILES string of the molecule is COC(=O)c1cnc2c(ccn2CC(=O)N2C3C[C@@H]3C[C@H]2C(=O)Nc2cccc(Br)n2)c1. The van der Waals surface area contributed by atoms with Gasteiger partial charge in [0.05, 0.1) is 12.7 Å². The van der Waals surface area contributed by atoms with Gasteiger partial charge in [-0.1, -0.05) is 6.07 Å². The summed E-state index contributed by atoms with van der Waals surface area (Å²) >= 11 is 3.30. The van der Waals surface area contributed by atoms with E-state index in [-0.39, 0.29) is 24.4 Å². The van der Waals surface area contributed by atoms with E-state index in [1.165, 1.54) is 13.3 Å². The second-order valence-electron chi connectivity index (χ2n) is 8.02. The van der Waals surface area contributed by atoms with Crippen molar-refractivity contribution in [1.29, 1.82) is 0 Å². The van der Waals surface area contributed by atoms with Crippen LogP contribution < -0.4 is 5.32 Å². The number of aromatic nitrogens is 3. The molecule has 1 saturated carbocycles. The Morgan fingerprint density at radius 3 is 2.88 bits per heavy atom. The van der Waals surface area contributed by atoms with Gasteiger partial charge in [0, 0.05) is 23.8 Å². The fraction of sp³-hybridized carbons (Fsp3) is 0.318. The highest BCUT2D eigenvalue weighted by atomic mass is 79.9. The summed E-state index contributed by atoms with van der Waals surface area (Å²) in [6.07, 6.45) is 4.78. The highest BCUT2D eigenvalue weighted by Gasteiger charge is 2.56. The number of piperidine rings is 1. The van der Waals surface area contributed by atoms with Gasteiger partial charge in [-0.15, -0.1) is 0 Å². The second-order valence-corrected chi connectivity index (χ2v) is 8.83. The van der Waals surface area contributed by atoms with Gasteiger partial charge < -0.3 is 19.5 Å². The Morgan fingerprint density at radius 1 is 1.25 bits per heavy atom. The number of carbonyl (C=O) groups excluding carboxylic acids is 3. The van der Waals surface area contributed by atoms with Crippen LogP contribution in [0.2, 0.25) is 0 Å². The fourth-order valence-electron chi connectivity index (χ4n) is 4.40. The zero-order valence-corrected chi connectivity index (χ0v) is 18.8. The number of pyridine rings is 2. The summed E-state index contributed by atoms with van der Waals surface area (Å²) in [6, 6.07) is 8.35. The van der Waals surface area contributed by atoms with Crippen LogP contribution in [0.1, 0.15) is 23.2 Å². The molecule has 5 rings (SSSR count). The Labute approximate surface area is 191 Å². The predicted octanol–water partition coefficient (Wildman–Crippen LogP) is 2.61. The molecule has 3 atom stereocenters. The van der Waals surface area contributed by atoms with Crippen LogP contribution in [0.15, 0.2) is 47.3 Å². The lowest BCUT2D eigenvalue weighted by Crippen LogP contribution is -2.46. The van der Waals surface area contributed by atoms with Crippen molar-refractivity contribution in [3.8, 4) is 0 Å². The highest BCUT2D eigenvalue weighted by molar-refractivity contribution is 9.10. The second kappa shape index (κ2) is 8.01. The zero-order valence-electron chi connectivity index (χ0n) is 17.2. The Balaban J connectivity index is 1.33. The van der Waals surface area contributed by atoms with Gasteiger partial charge in [-0.3, -0.25) is 9.59 Å². The molecular weight excluding hydrogens is 478 g/mol. The molecule has 1 saturated heterocycles. The van der Waals surface area contributed by atoms with E-state index in [1.807, 2.05) is 0 Å². The monoisotopic (exact) mass is 497 g/mol. The molecular formula is C22H20BrN5O4. The maximum absolute atomic E-state index is 13.2. The lowest BCUT2D eigenvalue weighted by atomic mass is 10.1. The Kier molecular flexibility index (Phi) is 5.16. The van der Waals surface area contributed by atoms with Gasteiger partial charge in [-0.05, 0) is 59.0 Å². The maximum atomic E-state index is 13.2. The topological polar surface area (TPSA) is 106 Å². The van der Waals surface area contributed by atoms with Crippen LogP contribution in [-0.2, 0) is 20.9 Å². The van der Waals surface area contributed by atoms with Crippen molar-refractivity contribution in [2.24, 2.45) is 5.92 Å². The minimum Gasteiger partial charge on any atom is -0.465 e. The third-order valence-corrected chi connectivity index (χ3v) is 6.43. The number of esters is 1. The van der Waals surface area contributed by atoms with Crippen molar-refractivity contribution in [3.63, 3.8) is 0 Å². The van der Waals surface area contributed by atoms with Crippen molar-refractivity contribution in [1.82, 2.24) is 19.4 Å². The van der Waals surface area contributed by atoms with Crippen LogP contribution in [-0.4, -0.2) is 56.4 Å². The van der Waals surface area contributed by atoms with Gasteiger partial charge in [-0.2, -0.15) is 0 Å². The van der Waals surface area contributed by atoms with Crippen molar-refractivity contribution in [3.05, 3.63) is 52.9 Å². The van der Waals surface area contributed by atoms with Crippen molar-refractivity contribution < 1.29 is 19.1 Å². The number of hydrogen-bond donors (Lipinski definition) is 1. The molecule has 2 fully saturated rings. The summed E-state index contributed by atoms with van der Waals surface area (Å²) < 4.78 is 7.09.